The number of aliphatic hydroxyl groups excluding tert-OH is 1. The van der Waals surface area contributed by atoms with Crippen LogP contribution in [0.4, 0.5) is 8.78 Å². The lowest BCUT2D eigenvalue weighted by Gasteiger charge is -2.13. The summed E-state index contributed by atoms with van der Waals surface area (Å²) in [5.41, 5.74) is 1.58. The van der Waals surface area contributed by atoms with Crippen LogP contribution in [-0.2, 0) is 6.42 Å². The van der Waals surface area contributed by atoms with Crippen molar-refractivity contribution in [1.29, 1.82) is 0 Å². The van der Waals surface area contributed by atoms with Crippen LogP contribution >= 0.6 is 11.6 Å². The number of hydrogen-bond donors (Lipinski definition) is 1. The van der Waals surface area contributed by atoms with Crippen molar-refractivity contribution in [3.05, 3.63) is 69.7 Å². The Kier molecular flexibility index (Phi) is 4.17. The monoisotopic (exact) mass is 282 g/mol. The highest BCUT2D eigenvalue weighted by Crippen LogP contribution is 2.26. The minimum atomic E-state index is -1.01. The zero-order valence-electron chi connectivity index (χ0n) is 10.3. The summed E-state index contributed by atoms with van der Waals surface area (Å²) in [4.78, 5) is 0. The summed E-state index contributed by atoms with van der Waals surface area (Å²) in [6.07, 6.45) is -0.873. The molecule has 0 aliphatic rings. The Balaban J connectivity index is 2.23. The Labute approximate surface area is 115 Å². The van der Waals surface area contributed by atoms with Gasteiger partial charge in [-0.25, -0.2) is 8.78 Å². The van der Waals surface area contributed by atoms with E-state index in [0.29, 0.717) is 5.56 Å². The van der Waals surface area contributed by atoms with Gasteiger partial charge in [0, 0.05) is 17.0 Å². The summed E-state index contributed by atoms with van der Waals surface area (Å²) in [5, 5.41) is 10.3. The summed E-state index contributed by atoms with van der Waals surface area (Å²) in [6, 6.07) is 8.58. The molecule has 0 fully saturated rings. The van der Waals surface area contributed by atoms with Crippen LogP contribution in [0, 0.1) is 18.6 Å². The number of aryl methyl sites for hydroxylation is 1. The van der Waals surface area contributed by atoms with Gasteiger partial charge in [0.05, 0.1) is 6.10 Å². The molecule has 1 atom stereocenters. The van der Waals surface area contributed by atoms with Crippen molar-refractivity contribution in [2.45, 2.75) is 19.4 Å². The van der Waals surface area contributed by atoms with E-state index in [0.717, 1.165) is 5.56 Å². The summed E-state index contributed by atoms with van der Waals surface area (Å²) in [6.45, 7) is 1.77. The number of benzene rings is 2. The van der Waals surface area contributed by atoms with Crippen LogP contribution in [0.1, 0.15) is 22.8 Å². The Morgan fingerprint density at radius 3 is 2.53 bits per heavy atom. The van der Waals surface area contributed by atoms with Crippen LogP contribution in [0.3, 0.4) is 0 Å². The van der Waals surface area contributed by atoms with Crippen molar-refractivity contribution in [3.8, 4) is 0 Å². The molecule has 0 aliphatic carbocycles. The van der Waals surface area contributed by atoms with E-state index >= 15 is 0 Å². The minimum Gasteiger partial charge on any atom is -0.388 e. The summed E-state index contributed by atoms with van der Waals surface area (Å²) in [5.74, 6) is -0.893. The Morgan fingerprint density at radius 2 is 1.89 bits per heavy atom. The van der Waals surface area contributed by atoms with E-state index in [1.54, 1.807) is 19.1 Å². The molecule has 0 spiro atoms. The van der Waals surface area contributed by atoms with Gasteiger partial charge in [-0.05, 0) is 36.2 Å². The first-order valence-corrected chi connectivity index (χ1v) is 6.23. The van der Waals surface area contributed by atoms with Gasteiger partial charge in [-0.3, -0.25) is 0 Å². The Morgan fingerprint density at radius 1 is 1.16 bits per heavy atom. The molecule has 2 aromatic carbocycles. The maximum atomic E-state index is 13.7. The number of halogens is 3. The van der Waals surface area contributed by atoms with E-state index in [-0.39, 0.29) is 17.0 Å². The van der Waals surface area contributed by atoms with E-state index in [4.69, 9.17) is 11.6 Å². The van der Waals surface area contributed by atoms with E-state index in [2.05, 4.69) is 0 Å². The second-order valence-electron chi connectivity index (χ2n) is 4.48. The molecule has 4 heteroatoms. The van der Waals surface area contributed by atoms with Crippen LogP contribution in [-0.4, -0.2) is 5.11 Å². The maximum Gasteiger partial charge on any atom is 0.129 e. The van der Waals surface area contributed by atoms with Crippen molar-refractivity contribution in [2.75, 3.05) is 0 Å². The summed E-state index contributed by atoms with van der Waals surface area (Å²) in [7, 11) is 0. The van der Waals surface area contributed by atoms with E-state index in [1.165, 1.54) is 24.3 Å². The predicted octanol–water partition coefficient (Wildman–Crippen LogP) is 4.20. The van der Waals surface area contributed by atoms with Gasteiger partial charge in [-0.1, -0.05) is 29.8 Å². The molecule has 0 saturated carbocycles. The fourth-order valence-electron chi connectivity index (χ4n) is 1.91. The first-order valence-electron chi connectivity index (χ1n) is 5.85. The van der Waals surface area contributed by atoms with Gasteiger partial charge >= 0.3 is 0 Å². The Bertz CT molecular complexity index is 599. The third kappa shape index (κ3) is 3.31. The zero-order valence-corrected chi connectivity index (χ0v) is 11.1. The average Bonchev–Trinajstić information content (AvgIpc) is 2.32. The molecule has 0 bridgehead atoms. The molecule has 19 heavy (non-hydrogen) atoms. The molecule has 0 heterocycles. The lowest BCUT2D eigenvalue weighted by atomic mass is 10.00. The lowest BCUT2D eigenvalue weighted by Crippen LogP contribution is -2.05. The van der Waals surface area contributed by atoms with Crippen LogP contribution in [0.2, 0.25) is 5.02 Å². The van der Waals surface area contributed by atoms with Gasteiger partial charge in [-0.2, -0.15) is 0 Å². The highest BCUT2D eigenvalue weighted by Gasteiger charge is 2.15. The summed E-state index contributed by atoms with van der Waals surface area (Å²) >= 11 is 5.88. The van der Waals surface area contributed by atoms with E-state index in [1.807, 2.05) is 0 Å². The zero-order chi connectivity index (χ0) is 14.0. The maximum absolute atomic E-state index is 13.7. The molecule has 1 N–H and O–H groups in total. The van der Waals surface area contributed by atoms with Crippen LogP contribution in [0.15, 0.2) is 36.4 Å². The van der Waals surface area contributed by atoms with Crippen molar-refractivity contribution in [1.82, 2.24) is 0 Å². The fourth-order valence-corrected chi connectivity index (χ4v) is 2.15. The standard InChI is InChI=1S/C15H13ClF2O/c1-9-2-5-12(14(18)6-9)15(19)7-10-3-4-11(17)8-13(10)16/h2-6,8,15,19H,7H2,1H3. The topological polar surface area (TPSA) is 20.2 Å². The fraction of sp³-hybridized carbons (Fsp3) is 0.200. The van der Waals surface area contributed by atoms with Crippen LogP contribution in [0.25, 0.3) is 0 Å². The van der Waals surface area contributed by atoms with Crippen molar-refractivity contribution in [2.24, 2.45) is 0 Å². The third-order valence-electron chi connectivity index (χ3n) is 2.94. The second-order valence-corrected chi connectivity index (χ2v) is 4.89. The quantitative estimate of drug-likeness (QED) is 0.894. The molecule has 100 valence electrons. The number of aliphatic hydroxyl groups is 1. The third-order valence-corrected chi connectivity index (χ3v) is 3.30. The van der Waals surface area contributed by atoms with Crippen LogP contribution < -0.4 is 0 Å². The van der Waals surface area contributed by atoms with Crippen molar-refractivity contribution >= 4 is 11.6 Å². The van der Waals surface area contributed by atoms with Gasteiger partial charge in [0.25, 0.3) is 0 Å². The van der Waals surface area contributed by atoms with Gasteiger partial charge < -0.3 is 5.11 Å². The van der Waals surface area contributed by atoms with Crippen molar-refractivity contribution < 1.29 is 13.9 Å². The SMILES string of the molecule is Cc1ccc(C(O)Cc2ccc(F)cc2Cl)c(F)c1. The molecule has 0 aliphatic heterocycles. The average molecular weight is 283 g/mol. The van der Waals surface area contributed by atoms with Crippen LogP contribution in [0.5, 0.6) is 0 Å². The van der Waals surface area contributed by atoms with Gasteiger partial charge in [0.1, 0.15) is 11.6 Å². The highest BCUT2D eigenvalue weighted by molar-refractivity contribution is 6.31. The van der Waals surface area contributed by atoms with Gasteiger partial charge in [0.2, 0.25) is 0 Å². The molecule has 0 aromatic heterocycles. The lowest BCUT2D eigenvalue weighted by molar-refractivity contribution is 0.173. The largest absolute Gasteiger partial charge is 0.388 e. The minimum absolute atomic E-state index is 0.138. The number of hydrogen-bond acceptors (Lipinski definition) is 1. The molecule has 2 aromatic rings. The number of rotatable bonds is 3. The summed E-state index contributed by atoms with van der Waals surface area (Å²) < 4.78 is 26.6. The predicted molar refractivity (Wildman–Crippen MR) is 71.2 cm³/mol. The molecule has 0 radical (unpaired) electrons. The molecule has 0 saturated heterocycles. The molecule has 1 nitrogen and oxygen atoms in total. The van der Waals surface area contributed by atoms with Gasteiger partial charge in [-0.15, -0.1) is 0 Å². The Hall–Kier alpha value is -1.45. The molecular formula is C15H13ClF2O. The first kappa shape index (κ1) is 14.0. The molecular weight excluding hydrogens is 270 g/mol. The molecule has 1 unspecified atom stereocenters. The van der Waals surface area contributed by atoms with E-state index in [9.17, 15) is 13.9 Å². The molecule has 0 amide bonds. The van der Waals surface area contributed by atoms with Crippen molar-refractivity contribution in [3.63, 3.8) is 0 Å². The second kappa shape index (κ2) is 5.68. The molecule has 2 rings (SSSR count). The highest BCUT2D eigenvalue weighted by atomic mass is 35.5. The van der Waals surface area contributed by atoms with E-state index < -0.39 is 17.7 Å². The first-order chi connectivity index (χ1) is 8.97. The van der Waals surface area contributed by atoms with Gasteiger partial charge in [0.15, 0.2) is 0 Å². The smallest absolute Gasteiger partial charge is 0.129 e. The normalized spacial score (nSPS) is 12.5.